The minimum atomic E-state index is -0.529. The first-order valence-corrected chi connectivity index (χ1v) is 9.78. The van der Waals surface area contributed by atoms with Crippen LogP contribution in [0.3, 0.4) is 0 Å². The van der Waals surface area contributed by atoms with Gasteiger partial charge >= 0.3 is 0 Å². The number of benzene rings is 2. The zero-order valence-corrected chi connectivity index (χ0v) is 16.6. The molecule has 0 spiro atoms. The summed E-state index contributed by atoms with van der Waals surface area (Å²) in [5.74, 6) is -1.37. The van der Waals surface area contributed by atoms with Gasteiger partial charge in [0.05, 0.1) is 11.4 Å². The average Bonchev–Trinajstić information content (AvgIpc) is 3.40. The van der Waals surface area contributed by atoms with E-state index in [9.17, 15) is 14.0 Å². The van der Waals surface area contributed by atoms with Crippen molar-refractivity contribution >= 4 is 23.2 Å². The molecule has 0 aliphatic rings. The standard InChI is InChI=1S/C21H16FN5O2S/c1-12-18(30-21(23-12)14-7-9-15(22)10-8-14)20(29)27-26-19(28)17-11-16(24-25-17)13-5-3-2-4-6-13/h2-11H,1H3,(H,24,25)(H,26,28)(H,27,29). The van der Waals surface area contributed by atoms with Gasteiger partial charge in [0.15, 0.2) is 0 Å². The fourth-order valence-electron chi connectivity index (χ4n) is 2.76. The fourth-order valence-corrected chi connectivity index (χ4v) is 3.72. The molecule has 9 heteroatoms. The lowest BCUT2D eigenvalue weighted by Gasteiger charge is -2.04. The lowest BCUT2D eigenvalue weighted by Crippen LogP contribution is -2.41. The quantitative estimate of drug-likeness (QED) is 0.437. The van der Waals surface area contributed by atoms with E-state index in [0.717, 1.165) is 16.9 Å². The number of carbonyl (C=O) groups excluding carboxylic acids is 2. The maximum absolute atomic E-state index is 13.1. The number of nitrogens with one attached hydrogen (secondary N) is 3. The zero-order valence-electron chi connectivity index (χ0n) is 15.8. The Bertz CT molecular complexity index is 1200. The number of nitrogens with zero attached hydrogens (tertiary/aromatic N) is 2. The van der Waals surface area contributed by atoms with Crippen molar-refractivity contribution in [2.45, 2.75) is 6.92 Å². The van der Waals surface area contributed by atoms with Gasteiger partial charge in [-0.15, -0.1) is 11.3 Å². The minimum absolute atomic E-state index is 0.210. The number of aromatic amines is 1. The predicted molar refractivity (Wildman–Crippen MR) is 111 cm³/mol. The highest BCUT2D eigenvalue weighted by molar-refractivity contribution is 7.17. The van der Waals surface area contributed by atoms with Gasteiger partial charge in [0.1, 0.15) is 21.4 Å². The van der Waals surface area contributed by atoms with Gasteiger partial charge in [-0.25, -0.2) is 9.37 Å². The van der Waals surface area contributed by atoms with Crippen molar-refractivity contribution in [3.05, 3.63) is 82.7 Å². The first kappa shape index (κ1) is 19.5. The topological polar surface area (TPSA) is 99.8 Å². The van der Waals surface area contributed by atoms with Crippen LogP contribution >= 0.6 is 11.3 Å². The molecule has 0 radical (unpaired) electrons. The van der Waals surface area contributed by atoms with Crippen LogP contribution in [0.4, 0.5) is 4.39 Å². The van der Waals surface area contributed by atoms with E-state index in [1.165, 1.54) is 12.1 Å². The van der Waals surface area contributed by atoms with Crippen LogP contribution in [-0.4, -0.2) is 27.0 Å². The summed E-state index contributed by atoms with van der Waals surface area (Å²) in [6.07, 6.45) is 0. The molecule has 150 valence electrons. The molecule has 3 N–H and O–H groups in total. The third-order valence-corrected chi connectivity index (χ3v) is 5.48. The second kappa shape index (κ2) is 8.26. The van der Waals surface area contributed by atoms with E-state index in [2.05, 4.69) is 26.0 Å². The number of aromatic nitrogens is 3. The molecule has 0 fully saturated rings. The average molecular weight is 421 g/mol. The molecule has 0 saturated carbocycles. The predicted octanol–water partition coefficient (Wildman–Crippen LogP) is 3.72. The molecule has 2 aromatic carbocycles. The Balaban J connectivity index is 1.42. The number of aryl methyl sites for hydroxylation is 1. The summed E-state index contributed by atoms with van der Waals surface area (Å²) < 4.78 is 13.1. The molecule has 0 aliphatic heterocycles. The van der Waals surface area contributed by atoms with E-state index in [-0.39, 0.29) is 11.5 Å². The number of hydrogen-bond donors (Lipinski definition) is 3. The second-order valence-corrected chi connectivity index (χ2v) is 7.38. The van der Waals surface area contributed by atoms with E-state index in [4.69, 9.17) is 0 Å². The van der Waals surface area contributed by atoms with Crippen LogP contribution in [0.2, 0.25) is 0 Å². The molecular weight excluding hydrogens is 405 g/mol. The Morgan fingerprint density at radius 1 is 0.967 bits per heavy atom. The normalized spacial score (nSPS) is 10.6. The molecule has 7 nitrogen and oxygen atoms in total. The number of H-pyrrole nitrogens is 1. The van der Waals surface area contributed by atoms with Crippen molar-refractivity contribution in [2.24, 2.45) is 0 Å². The van der Waals surface area contributed by atoms with Gasteiger partial charge in [0.25, 0.3) is 11.8 Å². The fraction of sp³-hybridized carbons (Fsp3) is 0.0476. The SMILES string of the molecule is Cc1nc(-c2ccc(F)cc2)sc1C(=O)NNC(=O)c1cc(-c2ccccc2)n[nH]1. The molecule has 0 atom stereocenters. The van der Waals surface area contributed by atoms with Crippen molar-refractivity contribution in [3.63, 3.8) is 0 Å². The van der Waals surface area contributed by atoms with E-state index in [1.54, 1.807) is 25.1 Å². The molecular formula is C21H16FN5O2S. The van der Waals surface area contributed by atoms with E-state index < -0.39 is 11.8 Å². The molecule has 2 amide bonds. The maximum Gasteiger partial charge on any atom is 0.287 e. The number of amides is 2. The summed E-state index contributed by atoms with van der Waals surface area (Å²) in [6, 6.07) is 16.9. The Labute approximate surface area is 175 Å². The number of rotatable bonds is 4. The number of carbonyl (C=O) groups is 2. The van der Waals surface area contributed by atoms with Crippen LogP contribution in [0.5, 0.6) is 0 Å². The van der Waals surface area contributed by atoms with Gasteiger partial charge < -0.3 is 0 Å². The van der Waals surface area contributed by atoms with Crippen molar-refractivity contribution in [1.82, 2.24) is 26.0 Å². The summed E-state index contributed by atoms with van der Waals surface area (Å²) >= 11 is 1.16. The Morgan fingerprint density at radius 2 is 1.67 bits per heavy atom. The number of thiazole rings is 1. The number of hydrogen-bond acceptors (Lipinski definition) is 5. The second-order valence-electron chi connectivity index (χ2n) is 6.38. The number of halogens is 1. The monoisotopic (exact) mass is 421 g/mol. The molecule has 2 heterocycles. The lowest BCUT2D eigenvalue weighted by atomic mass is 10.1. The van der Waals surface area contributed by atoms with Crippen LogP contribution in [0.15, 0.2) is 60.7 Å². The summed E-state index contributed by atoms with van der Waals surface area (Å²) in [4.78, 5) is 29.5. The minimum Gasteiger partial charge on any atom is -0.272 e. The lowest BCUT2D eigenvalue weighted by molar-refractivity contribution is 0.0845. The van der Waals surface area contributed by atoms with Crippen molar-refractivity contribution in [1.29, 1.82) is 0 Å². The largest absolute Gasteiger partial charge is 0.287 e. The summed E-state index contributed by atoms with van der Waals surface area (Å²) in [5, 5.41) is 7.36. The third-order valence-electron chi connectivity index (χ3n) is 4.28. The van der Waals surface area contributed by atoms with Crippen LogP contribution in [-0.2, 0) is 0 Å². The van der Waals surface area contributed by atoms with E-state index in [1.807, 2.05) is 30.3 Å². The van der Waals surface area contributed by atoms with Crippen molar-refractivity contribution < 1.29 is 14.0 Å². The first-order chi connectivity index (χ1) is 14.5. The summed E-state index contributed by atoms with van der Waals surface area (Å²) in [7, 11) is 0. The Hall–Kier alpha value is -3.85. The molecule has 0 bridgehead atoms. The summed E-state index contributed by atoms with van der Waals surface area (Å²) in [6.45, 7) is 1.70. The highest BCUT2D eigenvalue weighted by atomic mass is 32.1. The highest BCUT2D eigenvalue weighted by Gasteiger charge is 2.18. The third kappa shape index (κ3) is 4.11. The molecule has 4 aromatic rings. The zero-order chi connectivity index (χ0) is 21.1. The van der Waals surface area contributed by atoms with E-state index >= 15 is 0 Å². The molecule has 0 aliphatic carbocycles. The van der Waals surface area contributed by atoms with Crippen LogP contribution < -0.4 is 10.9 Å². The highest BCUT2D eigenvalue weighted by Crippen LogP contribution is 2.28. The smallest absolute Gasteiger partial charge is 0.272 e. The number of hydrazine groups is 1. The maximum atomic E-state index is 13.1. The molecule has 0 saturated heterocycles. The van der Waals surface area contributed by atoms with Gasteiger partial charge in [-0.2, -0.15) is 5.10 Å². The summed E-state index contributed by atoms with van der Waals surface area (Å²) in [5.41, 5.74) is 7.67. The molecule has 2 aromatic heterocycles. The van der Waals surface area contributed by atoms with Gasteiger partial charge in [-0.1, -0.05) is 30.3 Å². The molecule has 30 heavy (non-hydrogen) atoms. The van der Waals surface area contributed by atoms with Crippen LogP contribution in [0, 0.1) is 12.7 Å². The Morgan fingerprint density at radius 3 is 2.40 bits per heavy atom. The van der Waals surface area contributed by atoms with E-state index in [0.29, 0.717) is 26.8 Å². The van der Waals surface area contributed by atoms with Crippen LogP contribution in [0.25, 0.3) is 21.8 Å². The van der Waals surface area contributed by atoms with Gasteiger partial charge in [0, 0.05) is 11.1 Å². The van der Waals surface area contributed by atoms with Gasteiger partial charge in [0.2, 0.25) is 0 Å². The van der Waals surface area contributed by atoms with Crippen molar-refractivity contribution in [2.75, 3.05) is 0 Å². The van der Waals surface area contributed by atoms with Gasteiger partial charge in [-0.05, 0) is 37.3 Å². The molecule has 4 rings (SSSR count). The van der Waals surface area contributed by atoms with Crippen LogP contribution in [0.1, 0.15) is 25.9 Å². The van der Waals surface area contributed by atoms with Gasteiger partial charge in [-0.3, -0.25) is 25.5 Å². The first-order valence-electron chi connectivity index (χ1n) is 8.96. The van der Waals surface area contributed by atoms with Crippen molar-refractivity contribution in [3.8, 4) is 21.8 Å². The molecule has 0 unspecified atom stereocenters. The Kier molecular flexibility index (Phi) is 5.36.